The molecule has 4 nitrogen and oxygen atoms in total. The Bertz CT molecular complexity index is 632. The number of carbonyl (C=O) groups is 1. The number of carboxylic acid groups (broad SMARTS) is 1. The number of rotatable bonds is 3. The molecule has 1 aliphatic heterocycles. The molecule has 1 saturated heterocycles. The lowest BCUT2D eigenvalue weighted by Gasteiger charge is -2.33. The number of nitrogens with zero attached hydrogens (tertiary/aromatic N) is 1. The SMILES string of the molecule is CC1CCCCN1Cc1ccc2oc(C(=O)O)cc2c1. The van der Waals surface area contributed by atoms with Crippen LogP contribution in [0.4, 0.5) is 0 Å². The van der Waals surface area contributed by atoms with E-state index in [1.54, 1.807) is 6.07 Å². The zero-order valence-corrected chi connectivity index (χ0v) is 11.6. The molecule has 1 unspecified atom stereocenters. The van der Waals surface area contributed by atoms with Crippen LogP contribution in [0, 0.1) is 0 Å². The standard InChI is InChI=1S/C16H19NO3/c1-11-4-2-3-7-17(11)10-12-5-6-14-13(8-12)9-15(20-14)16(18)19/h5-6,8-9,11H,2-4,7,10H2,1H3,(H,18,19). The van der Waals surface area contributed by atoms with E-state index in [2.05, 4.69) is 11.8 Å². The summed E-state index contributed by atoms with van der Waals surface area (Å²) in [5.74, 6) is -1.02. The van der Waals surface area contributed by atoms with Crippen molar-refractivity contribution in [2.24, 2.45) is 0 Å². The van der Waals surface area contributed by atoms with Crippen molar-refractivity contribution in [2.45, 2.75) is 38.8 Å². The third kappa shape index (κ3) is 2.56. The monoisotopic (exact) mass is 273 g/mol. The van der Waals surface area contributed by atoms with Crippen molar-refractivity contribution in [1.29, 1.82) is 0 Å². The lowest BCUT2D eigenvalue weighted by atomic mass is 10.0. The molecule has 1 N–H and O–H groups in total. The van der Waals surface area contributed by atoms with Crippen LogP contribution in [0.15, 0.2) is 28.7 Å². The van der Waals surface area contributed by atoms with Gasteiger partial charge in [-0.05, 0) is 50.1 Å². The van der Waals surface area contributed by atoms with Crippen molar-refractivity contribution in [1.82, 2.24) is 4.90 Å². The molecule has 0 amide bonds. The maximum atomic E-state index is 10.9. The average molecular weight is 273 g/mol. The highest BCUT2D eigenvalue weighted by molar-refractivity contribution is 5.91. The number of hydrogen-bond acceptors (Lipinski definition) is 3. The highest BCUT2D eigenvalue weighted by atomic mass is 16.4. The van der Waals surface area contributed by atoms with Gasteiger partial charge in [-0.2, -0.15) is 0 Å². The van der Waals surface area contributed by atoms with E-state index in [0.29, 0.717) is 11.6 Å². The number of likely N-dealkylation sites (tertiary alicyclic amines) is 1. The molecule has 0 spiro atoms. The number of piperidine rings is 1. The Labute approximate surface area is 118 Å². The van der Waals surface area contributed by atoms with E-state index in [9.17, 15) is 4.79 Å². The Morgan fingerprint density at radius 1 is 1.40 bits per heavy atom. The molecular weight excluding hydrogens is 254 g/mol. The van der Waals surface area contributed by atoms with Crippen LogP contribution in [0.1, 0.15) is 42.3 Å². The second kappa shape index (κ2) is 5.29. The zero-order chi connectivity index (χ0) is 14.1. The first kappa shape index (κ1) is 13.2. The van der Waals surface area contributed by atoms with Gasteiger partial charge in [-0.15, -0.1) is 0 Å². The normalized spacial score (nSPS) is 20.4. The minimum atomic E-state index is -1.02. The minimum absolute atomic E-state index is 0.00323. The quantitative estimate of drug-likeness (QED) is 0.929. The van der Waals surface area contributed by atoms with Gasteiger partial charge in [0.25, 0.3) is 0 Å². The number of hydrogen-bond donors (Lipinski definition) is 1. The van der Waals surface area contributed by atoms with Gasteiger partial charge in [0.1, 0.15) is 5.58 Å². The largest absolute Gasteiger partial charge is 0.475 e. The minimum Gasteiger partial charge on any atom is -0.475 e. The Balaban J connectivity index is 1.83. The van der Waals surface area contributed by atoms with Gasteiger partial charge in [-0.3, -0.25) is 4.90 Å². The summed E-state index contributed by atoms with van der Waals surface area (Å²) in [4.78, 5) is 13.4. The Morgan fingerprint density at radius 3 is 3.00 bits per heavy atom. The van der Waals surface area contributed by atoms with Crippen molar-refractivity contribution >= 4 is 16.9 Å². The molecule has 0 saturated carbocycles. The summed E-state index contributed by atoms with van der Waals surface area (Å²) in [6, 6.07) is 8.15. The fourth-order valence-corrected chi connectivity index (χ4v) is 2.92. The summed E-state index contributed by atoms with van der Waals surface area (Å²) in [5, 5.41) is 9.81. The summed E-state index contributed by atoms with van der Waals surface area (Å²) >= 11 is 0. The Hall–Kier alpha value is -1.81. The molecule has 1 aliphatic rings. The third-order valence-corrected chi connectivity index (χ3v) is 4.12. The van der Waals surface area contributed by atoms with E-state index >= 15 is 0 Å². The molecule has 1 aromatic carbocycles. The third-order valence-electron chi connectivity index (χ3n) is 4.12. The molecule has 0 aliphatic carbocycles. The van der Waals surface area contributed by atoms with Gasteiger partial charge in [0.05, 0.1) is 0 Å². The first-order valence-electron chi connectivity index (χ1n) is 7.13. The van der Waals surface area contributed by atoms with Gasteiger partial charge in [-0.1, -0.05) is 12.5 Å². The molecule has 1 aromatic heterocycles. The summed E-state index contributed by atoms with van der Waals surface area (Å²) in [6.45, 7) is 4.34. The summed E-state index contributed by atoms with van der Waals surface area (Å²) in [7, 11) is 0. The van der Waals surface area contributed by atoms with Crippen molar-refractivity contribution in [3.05, 3.63) is 35.6 Å². The Morgan fingerprint density at radius 2 is 2.25 bits per heavy atom. The molecule has 106 valence electrons. The second-order valence-electron chi connectivity index (χ2n) is 5.60. The van der Waals surface area contributed by atoms with Crippen LogP contribution in [0.5, 0.6) is 0 Å². The van der Waals surface area contributed by atoms with Crippen molar-refractivity contribution in [3.8, 4) is 0 Å². The van der Waals surface area contributed by atoms with Crippen LogP contribution >= 0.6 is 0 Å². The number of fused-ring (bicyclic) bond motifs is 1. The van der Waals surface area contributed by atoms with E-state index in [1.165, 1.54) is 24.8 Å². The van der Waals surface area contributed by atoms with Gasteiger partial charge in [0.15, 0.2) is 0 Å². The van der Waals surface area contributed by atoms with E-state index in [4.69, 9.17) is 9.52 Å². The van der Waals surface area contributed by atoms with Gasteiger partial charge in [0.2, 0.25) is 5.76 Å². The summed E-state index contributed by atoms with van der Waals surface area (Å²) in [5.41, 5.74) is 1.85. The molecule has 4 heteroatoms. The molecule has 2 aromatic rings. The summed E-state index contributed by atoms with van der Waals surface area (Å²) in [6.07, 6.45) is 3.85. The van der Waals surface area contributed by atoms with Crippen molar-refractivity contribution < 1.29 is 14.3 Å². The molecule has 1 fully saturated rings. The van der Waals surface area contributed by atoms with Gasteiger partial charge in [0, 0.05) is 18.0 Å². The fourth-order valence-electron chi connectivity index (χ4n) is 2.92. The highest BCUT2D eigenvalue weighted by Crippen LogP contribution is 2.24. The van der Waals surface area contributed by atoms with Crippen LogP contribution in [0.3, 0.4) is 0 Å². The highest BCUT2D eigenvalue weighted by Gasteiger charge is 2.18. The molecule has 2 heterocycles. The number of carboxylic acids is 1. The van der Waals surface area contributed by atoms with Crippen LogP contribution < -0.4 is 0 Å². The van der Waals surface area contributed by atoms with E-state index in [-0.39, 0.29) is 5.76 Å². The number of benzene rings is 1. The molecule has 0 radical (unpaired) electrons. The van der Waals surface area contributed by atoms with E-state index in [1.807, 2.05) is 18.2 Å². The van der Waals surface area contributed by atoms with Gasteiger partial charge < -0.3 is 9.52 Å². The second-order valence-corrected chi connectivity index (χ2v) is 5.60. The van der Waals surface area contributed by atoms with Crippen molar-refractivity contribution in [3.63, 3.8) is 0 Å². The maximum Gasteiger partial charge on any atom is 0.371 e. The molecule has 20 heavy (non-hydrogen) atoms. The first-order chi connectivity index (χ1) is 9.63. The van der Waals surface area contributed by atoms with Crippen LogP contribution in [0.25, 0.3) is 11.0 Å². The van der Waals surface area contributed by atoms with Crippen molar-refractivity contribution in [2.75, 3.05) is 6.54 Å². The maximum absolute atomic E-state index is 10.9. The lowest BCUT2D eigenvalue weighted by molar-refractivity contribution is 0.0665. The zero-order valence-electron chi connectivity index (χ0n) is 11.6. The Kier molecular flexibility index (Phi) is 3.49. The fraction of sp³-hybridized carbons (Fsp3) is 0.438. The first-order valence-corrected chi connectivity index (χ1v) is 7.13. The van der Waals surface area contributed by atoms with Crippen LogP contribution in [0.2, 0.25) is 0 Å². The smallest absolute Gasteiger partial charge is 0.371 e. The lowest BCUT2D eigenvalue weighted by Crippen LogP contribution is -2.36. The van der Waals surface area contributed by atoms with Crippen LogP contribution in [-0.2, 0) is 6.54 Å². The number of furan rings is 1. The van der Waals surface area contributed by atoms with E-state index in [0.717, 1.165) is 18.5 Å². The van der Waals surface area contributed by atoms with Crippen LogP contribution in [-0.4, -0.2) is 28.6 Å². The predicted octanol–water partition coefficient (Wildman–Crippen LogP) is 3.51. The molecule has 0 bridgehead atoms. The predicted molar refractivity (Wildman–Crippen MR) is 76.9 cm³/mol. The average Bonchev–Trinajstić information content (AvgIpc) is 2.85. The molecule has 1 atom stereocenters. The van der Waals surface area contributed by atoms with Gasteiger partial charge in [-0.25, -0.2) is 4.79 Å². The van der Waals surface area contributed by atoms with E-state index < -0.39 is 5.97 Å². The molecule has 3 rings (SSSR count). The number of aromatic carboxylic acids is 1. The molecular formula is C16H19NO3. The van der Waals surface area contributed by atoms with Gasteiger partial charge >= 0.3 is 5.97 Å². The topological polar surface area (TPSA) is 53.7 Å². The summed E-state index contributed by atoms with van der Waals surface area (Å²) < 4.78 is 5.28.